The van der Waals surface area contributed by atoms with Gasteiger partial charge in [-0.15, -0.1) is 26.6 Å². The molecule has 3 aliphatic carbocycles. The van der Waals surface area contributed by atoms with Crippen LogP contribution in [0.5, 0.6) is 5.88 Å². The minimum Gasteiger partial charge on any atom is -0.415 e. The Morgan fingerprint density at radius 3 is 2.77 bits per heavy atom. The van der Waals surface area contributed by atoms with Crippen molar-refractivity contribution in [3.05, 3.63) is 22.8 Å². The topological polar surface area (TPSA) is 145 Å². The number of hydrogen-bond donors (Lipinski definition) is 3. The van der Waals surface area contributed by atoms with Gasteiger partial charge in [0, 0.05) is 30.6 Å². The van der Waals surface area contributed by atoms with Gasteiger partial charge >= 0.3 is 6.61 Å². The number of thiophene rings is 1. The van der Waals surface area contributed by atoms with Crippen LogP contribution < -0.4 is 20.1 Å². The first-order valence-corrected chi connectivity index (χ1v) is 15.1. The van der Waals surface area contributed by atoms with E-state index in [0.29, 0.717) is 49.1 Å². The average Bonchev–Trinajstić information content (AvgIpc) is 3.73. The fourth-order valence-corrected chi connectivity index (χ4v) is 7.91. The molecule has 3 aromatic rings. The van der Waals surface area contributed by atoms with E-state index in [-0.39, 0.29) is 28.2 Å². The third-order valence-corrected chi connectivity index (χ3v) is 10.1. The fourth-order valence-electron chi connectivity index (χ4n) is 4.82. The highest BCUT2D eigenvalue weighted by Gasteiger charge is 2.45. The van der Waals surface area contributed by atoms with E-state index in [1.54, 1.807) is 11.6 Å². The summed E-state index contributed by atoms with van der Waals surface area (Å²) in [6.45, 7) is -2.70. The van der Waals surface area contributed by atoms with Crippen molar-refractivity contribution in [2.75, 3.05) is 17.2 Å². The Morgan fingerprint density at radius 2 is 2.08 bits per heavy atom. The van der Waals surface area contributed by atoms with Gasteiger partial charge in [0.25, 0.3) is 0 Å². The molecule has 0 aliphatic heterocycles. The molecule has 3 aliphatic rings. The molecule has 216 valence electrons. The Hall–Kier alpha value is -3.18. The third-order valence-electron chi connectivity index (χ3n) is 7.27. The summed E-state index contributed by atoms with van der Waals surface area (Å²) in [5.74, 6) is -0.592. The molecule has 0 bridgehead atoms. The zero-order valence-corrected chi connectivity index (χ0v) is 22.9. The second-order valence-corrected chi connectivity index (χ2v) is 13.1. The van der Waals surface area contributed by atoms with E-state index >= 15 is 0 Å². The highest BCUT2D eigenvalue weighted by Crippen LogP contribution is 2.45. The zero-order valence-electron chi connectivity index (χ0n) is 21.3. The summed E-state index contributed by atoms with van der Waals surface area (Å²) in [4.78, 5) is 13.4. The maximum atomic E-state index is 13.5. The van der Waals surface area contributed by atoms with Gasteiger partial charge in [0.05, 0.1) is 5.92 Å². The van der Waals surface area contributed by atoms with Crippen LogP contribution in [0.2, 0.25) is 0 Å². The van der Waals surface area contributed by atoms with Crippen LogP contribution in [0.25, 0.3) is 0 Å². The Balaban J connectivity index is 1.27. The number of sulfonamides is 1. The van der Waals surface area contributed by atoms with E-state index in [4.69, 9.17) is 0 Å². The average molecular weight is 601 g/mol. The highest BCUT2D eigenvalue weighted by molar-refractivity contribution is 7.90. The number of nitrogens with zero attached hydrogens (tertiary/aromatic N) is 5. The van der Waals surface area contributed by atoms with Crippen LogP contribution in [0.4, 0.5) is 29.9 Å². The molecule has 40 heavy (non-hydrogen) atoms. The molecular formula is C23H27F3N8O4S2. The molecular weight excluding hydrogens is 573 g/mol. The number of nitrogens with one attached hydrogen (secondary N) is 3. The number of rotatable bonds is 11. The van der Waals surface area contributed by atoms with Crippen LogP contribution in [0.1, 0.15) is 42.2 Å². The molecule has 0 saturated heterocycles. The number of carbonyl (C=O) groups is 1. The van der Waals surface area contributed by atoms with Gasteiger partial charge in [-0.05, 0) is 50.0 Å². The quantitative estimate of drug-likeness (QED) is 0.305. The number of carbonyl (C=O) groups excluding carboxylic acids is 1. The van der Waals surface area contributed by atoms with Crippen molar-refractivity contribution in [2.45, 2.75) is 62.2 Å². The molecule has 12 nitrogen and oxygen atoms in total. The van der Waals surface area contributed by atoms with E-state index in [1.165, 1.54) is 28.4 Å². The van der Waals surface area contributed by atoms with E-state index in [2.05, 4.69) is 35.4 Å². The second kappa shape index (κ2) is 10.3. The lowest BCUT2D eigenvalue weighted by atomic mass is 9.94. The number of hydrogen-bond acceptors (Lipinski definition) is 9. The lowest BCUT2D eigenvalue weighted by Crippen LogP contribution is -2.29. The number of aryl methyl sites for hydroxylation is 2. The molecule has 1 amide bonds. The van der Waals surface area contributed by atoms with Crippen LogP contribution >= 0.6 is 11.3 Å². The summed E-state index contributed by atoms with van der Waals surface area (Å²) in [5.41, 5.74) is 0.597. The van der Waals surface area contributed by atoms with Crippen molar-refractivity contribution in [3.63, 3.8) is 0 Å². The van der Waals surface area contributed by atoms with Crippen molar-refractivity contribution in [3.8, 4) is 5.88 Å². The SMILES string of the molecule is Cn1nc(OC(F)F)cc1Nc1nncn1[C@H]1CCc2sc(NC(=O)C3CC3F)c(S(=O)(=O)NCC3CC3)c2C1. The van der Waals surface area contributed by atoms with Gasteiger partial charge in [-0.1, -0.05) is 0 Å². The van der Waals surface area contributed by atoms with Gasteiger partial charge in [0.15, 0.2) is 0 Å². The minimum atomic E-state index is -3.96. The molecule has 3 heterocycles. The standard InChI is InChI=1S/C23H27F3N8O4S2/c1-33-17(8-18(32-33)38-22(25)26)29-23-31-27-10-34(23)12-4-5-16-14(6-12)19(40(36,37)28-9-11-2-3-11)21(39-16)30-20(35)13-7-15(13)24/h8,10-13,15,22,28H,2-7,9H2,1H3,(H,29,31)(H,30,35)/t12-,13?,15?/m0/s1. The number of alkyl halides is 3. The molecule has 2 unspecified atom stereocenters. The summed E-state index contributed by atoms with van der Waals surface area (Å²) < 4.78 is 75.9. The van der Waals surface area contributed by atoms with Crippen LogP contribution in [-0.4, -0.2) is 58.2 Å². The minimum absolute atomic E-state index is 0.0327. The van der Waals surface area contributed by atoms with Gasteiger partial charge < -0.3 is 15.4 Å². The van der Waals surface area contributed by atoms with Crippen LogP contribution in [0, 0.1) is 11.8 Å². The van der Waals surface area contributed by atoms with Crippen molar-refractivity contribution in [1.82, 2.24) is 29.3 Å². The summed E-state index contributed by atoms with van der Waals surface area (Å²) in [6.07, 6.45) is 3.85. The smallest absolute Gasteiger partial charge is 0.388 e. The van der Waals surface area contributed by atoms with Gasteiger partial charge in [-0.2, -0.15) is 8.78 Å². The van der Waals surface area contributed by atoms with Crippen molar-refractivity contribution in [1.29, 1.82) is 0 Å². The van der Waals surface area contributed by atoms with Gasteiger partial charge in [0.1, 0.15) is 28.2 Å². The number of halogens is 3. The molecule has 3 atom stereocenters. The maximum absolute atomic E-state index is 13.5. The Kier molecular flexibility index (Phi) is 6.98. The highest BCUT2D eigenvalue weighted by atomic mass is 32.2. The van der Waals surface area contributed by atoms with Gasteiger partial charge in [0.2, 0.25) is 27.8 Å². The van der Waals surface area contributed by atoms with Gasteiger partial charge in [-0.25, -0.2) is 22.2 Å². The first-order valence-electron chi connectivity index (χ1n) is 12.8. The summed E-state index contributed by atoms with van der Waals surface area (Å²) in [7, 11) is -2.41. The van der Waals surface area contributed by atoms with Crippen molar-refractivity contribution < 1.29 is 31.1 Å². The van der Waals surface area contributed by atoms with Crippen molar-refractivity contribution in [2.24, 2.45) is 18.9 Å². The Labute approximate surface area is 231 Å². The van der Waals surface area contributed by atoms with Crippen LogP contribution in [0.15, 0.2) is 17.3 Å². The number of amides is 1. The molecule has 6 rings (SSSR count). The Bertz CT molecular complexity index is 1530. The summed E-state index contributed by atoms with van der Waals surface area (Å²) in [6, 6.07) is 1.06. The van der Waals surface area contributed by atoms with Crippen molar-refractivity contribution >= 4 is 44.0 Å². The first kappa shape index (κ1) is 27.0. The number of aromatic nitrogens is 5. The maximum Gasteiger partial charge on any atom is 0.388 e. The molecule has 17 heteroatoms. The lowest BCUT2D eigenvalue weighted by molar-refractivity contribution is -0.117. The predicted octanol–water partition coefficient (Wildman–Crippen LogP) is 3.13. The summed E-state index contributed by atoms with van der Waals surface area (Å²) >= 11 is 1.21. The molecule has 0 spiro atoms. The molecule has 0 aromatic carbocycles. The number of ether oxygens (including phenoxy) is 1. The van der Waals surface area contributed by atoms with E-state index in [9.17, 15) is 26.4 Å². The lowest BCUT2D eigenvalue weighted by Gasteiger charge is -2.25. The molecule has 0 radical (unpaired) electrons. The van der Waals surface area contributed by atoms with Crippen LogP contribution in [-0.2, 0) is 34.7 Å². The Morgan fingerprint density at radius 1 is 1.30 bits per heavy atom. The third kappa shape index (κ3) is 5.54. The largest absolute Gasteiger partial charge is 0.415 e. The second-order valence-electron chi connectivity index (χ2n) is 10.3. The molecule has 3 aromatic heterocycles. The fraction of sp³-hybridized carbons (Fsp3) is 0.565. The van der Waals surface area contributed by atoms with Crippen LogP contribution in [0.3, 0.4) is 0 Å². The van der Waals surface area contributed by atoms with E-state index < -0.39 is 34.6 Å². The molecule has 3 N–H and O–H groups in total. The van der Waals surface area contributed by atoms with Gasteiger partial charge in [-0.3, -0.25) is 9.36 Å². The van der Waals surface area contributed by atoms with E-state index in [0.717, 1.165) is 17.7 Å². The number of anilines is 3. The molecule has 2 saturated carbocycles. The normalized spacial score (nSPS) is 22.3. The summed E-state index contributed by atoms with van der Waals surface area (Å²) in [5, 5.41) is 17.9. The first-order chi connectivity index (χ1) is 19.1. The molecule has 2 fully saturated rings. The number of fused-ring (bicyclic) bond motifs is 1. The zero-order chi connectivity index (χ0) is 28.2. The predicted molar refractivity (Wildman–Crippen MR) is 138 cm³/mol. The van der Waals surface area contributed by atoms with E-state index in [1.807, 2.05) is 0 Å². The monoisotopic (exact) mass is 600 g/mol.